The number of nitrogens with zero attached hydrogens (tertiary/aromatic N) is 2. The second kappa shape index (κ2) is 13.6. The zero-order chi connectivity index (χ0) is 31.5. The molecular formula is C34H46N2O8. The van der Waals surface area contributed by atoms with Crippen LogP contribution < -0.4 is 0 Å². The van der Waals surface area contributed by atoms with Crippen molar-refractivity contribution >= 4 is 11.9 Å². The van der Waals surface area contributed by atoms with Crippen LogP contribution in [0.1, 0.15) is 74.3 Å². The number of hydrogen-bond acceptors (Lipinski definition) is 8. The van der Waals surface area contributed by atoms with Gasteiger partial charge in [0, 0.05) is 51.4 Å². The van der Waals surface area contributed by atoms with Gasteiger partial charge in [-0.1, -0.05) is 60.7 Å². The van der Waals surface area contributed by atoms with E-state index in [9.17, 15) is 30.2 Å². The highest BCUT2D eigenvalue weighted by atomic mass is 16.6. The Balaban J connectivity index is 0.000000175. The standard InChI is InChI=1S/2C17H23NO4/c2*1-18(21)13-7-8-14(18)10-15(9-13)22-17(20)16(11-19)12-5-3-2-4-6-12/h2*2-6,13-16,19H,7-11H2,1H3. The summed E-state index contributed by atoms with van der Waals surface area (Å²) in [6.07, 6.45) is 5.82. The summed E-state index contributed by atoms with van der Waals surface area (Å²) < 4.78 is 10.9. The van der Waals surface area contributed by atoms with Gasteiger partial charge in [-0.05, 0) is 11.1 Å². The molecule has 4 heterocycles. The van der Waals surface area contributed by atoms with Gasteiger partial charge in [0.15, 0.2) is 0 Å². The van der Waals surface area contributed by atoms with E-state index in [-0.39, 0.29) is 70.8 Å². The molecule has 0 amide bonds. The lowest BCUT2D eigenvalue weighted by Crippen LogP contribution is -2.55. The summed E-state index contributed by atoms with van der Waals surface area (Å²) in [4.78, 5) is 24.7. The maximum atomic E-state index is 12.4. The third-order valence-electron chi connectivity index (χ3n) is 10.6. The minimum Gasteiger partial charge on any atom is -0.633 e. The Kier molecular flexibility index (Phi) is 10.1. The first-order valence-corrected chi connectivity index (χ1v) is 15.9. The fourth-order valence-corrected chi connectivity index (χ4v) is 7.79. The first kappa shape index (κ1) is 32.5. The first-order chi connectivity index (χ1) is 21.0. The van der Waals surface area contributed by atoms with E-state index in [1.807, 2.05) is 60.7 Å². The molecule has 4 fully saturated rings. The van der Waals surface area contributed by atoms with Crippen LogP contribution in [0.15, 0.2) is 60.7 Å². The molecule has 6 unspecified atom stereocenters. The molecule has 2 N–H and O–H groups in total. The van der Waals surface area contributed by atoms with E-state index < -0.39 is 11.8 Å². The predicted octanol–water partition coefficient (Wildman–Crippen LogP) is 3.89. The Hall–Kier alpha value is -2.86. The molecule has 0 radical (unpaired) electrons. The highest BCUT2D eigenvalue weighted by Gasteiger charge is 2.49. The number of piperidine rings is 2. The van der Waals surface area contributed by atoms with Crippen LogP contribution in [0.25, 0.3) is 0 Å². The van der Waals surface area contributed by atoms with Gasteiger partial charge in [-0.15, -0.1) is 0 Å². The molecule has 2 aromatic rings. The topological polar surface area (TPSA) is 139 Å². The summed E-state index contributed by atoms with van der Waals surface area (Å²) in [5.74, 6) is -2.07. The van der Waals surface area contributed by atoms with Crippen LogP contribution in [0.5, 0.6) is 0 Å². The Bertz CT molecular complexity index is 1130. The molecule has 0 spiro atoms. The maximum absolute atomic E-state index is 12.4. The number of carbonyl (C=O) groups excluding carboxylic acids is 2. The fraction of sp³-hybridized carbons (Fsp3) is 0.588. The summed E-state index contributed by atoms with van der Waals surface area (Å²) in [5.41, 5.74) is 1.52. The lowest BCUT2D eigenvalue weighted by molar-refractivity contribution is -0.903. The molecule has 4 saturated heterocycles. The van der Waals surface area contributed by atoms with Crippen molar-refractivity contribution < 1.29 is 38.6 Å². The number of esters is 2. The Morgan fingerprint density at radius 1 is 0.659 bits per heavy atom. The van der Waals surface area contributed by atoms with Crippen molar-refractivity contribution in [2.24, 2.45) is 0 Å². The summed E-state index contributed by atoms with van der Waals surface area (Å²) in [7, 11) is 3.47. The van der Waals surface area contributed by atoms with Gasteiger partial charge in [0.1, 0.15) is 24.0 Å². The third kappa shape index (κ3) is 6.85. The van der Waals surface area contributed by atoms with Gasteiger partial charge >= 0.3 is 11.9 Å². The SMILES string of the molecule is C[N+]1([O-])C2CCC1CC(OC(=O)C(CO)c1ccccc1)C2.C[N+]1([O-])C2CCC1CC(OC(=O)C(CO)c1ccccc1)C2. The van der Waals surface area contributed by atoms with Crippen molar-refractivity contribution in [3.8, 4) is 0 Å². The zero-order valence-corrected chi connectivity index (χ0v) is 25.7. The molecule has 0 aromatic heterocycles. The number of quaternary nitrogens is 2. The summed E-state index contributed by atoms with van der Waals surface area (Å²) in [5, 5.41) is 43.9. The van der Waals surface area contributed by atoms with Gasteiger partial charge in [-0.2, -0.15) is 0 Å². The van der Waals surface area contributed by atoms with Crippen molar-refractivity contribution in [1.82, 2.24) is 0 Å². The van der Waals surface area contributed by atoms with E-state index >= 15 is 0 Å². The molecule has 0 saturated carbocycles. The van der Waals surface area contributed by atoms with Crippen molar-refractivity contribution in [2.45, 2.75) is 99.6 Å². The molecule has 10 nitrogen and oxygen atoms in total. The maximum Gasteiger partial charge on any atom is 0.316 e. The summed E-state index contributed by atoms with van der Waals surface area (Å²) >= 11 is 0. The smallest absolute Gasteiger partial charge is 0.316 e. The monoisotopic (exact) mass is 610 g/mol. The molecular weight excluding hydrogens is 564 g/mol. The number of rotatable bonds is 8. The van der Waals surface area contributed by atoms with Gasteiger partial charge < -0.3 is 39.4 Å². The van der Waals surface area contributed by atoms with Crippen molar-refractivity contribution in [2.75, 3.05) is 27.3 Å². The van der Waals surface area contributed by atoms with Crippen LogP contribution >= 0.6 is 0 Å². The lowest BCUT2D eigenvalue weighted by Gasteiger charge is -2.50. The van der Waals surface area contributed by atoms with Crippen LogP contribution in [-0.4, -0.2) is 95.1 Å². The number of aliphatic hydroxyl groups excluding tert-OH is 2. The molecule has 6 rings (SSSR count). The summed E-state index contributed by atoms with van der Waals surface area (Å²) in [6, 6.07) is 18.5. The van der Waals surface area contributed by atoms with Crippen LogP contribution in [0, 0.1) is 10.4 Å². The lowest BCUT2D eigenvalue weighted by atomic mass is 9.98. The van der Waals surface area contributed by atoms with E-state index in [1.54, 1.807) is 14.1 Å². The second-order valence-corrected chi connectivity index (χ2v) is 13.2. The molecule has 0 aliphatic carbocycles. The minimum absolute atomic E-state index is 0.0425. The van der Waals surface area contributed by atoms with Crippen molar-refractivity contribution in [3.63, 3.8) is 0 Å². The van der Waals surface area contributed by atoms with E-state index in [0.717, 1.165) is 36.8 Å². The number of fused-ring (bicyclic) bond motifs is 4. The number of aliphatic hydroxyl groups is 2. The average Bonchev–Trinajstić information content (AvgIpc) is 3.23. The highest BCUT2D eigenvalue weighted by molar-refractivity contribution is 5.79. The molecule has 240 valence electrons. The average molecular weight is 611 g/mol. The molecule has 4 bridgehead atoms. The zero-order valence-electron chi connectivity index (χ0n) is 25.7. The van der Waals surface area contributed by atoms with Crippen LogP contribution in [0.3, 0.4) is 0 Å². The highest BCUT2D eigenvalue weighted by Crippen LogP contribution is 2.42. The van der Waals surface area contributed by atoms with E-state index in [1.165, 1.54) is 0 Å². The Morgan fingerprint density at radius 2 is 0.955 bits per heavy atom. The van der Waals surface area contributed by atoms with Gasteiger partial charge in [0.05, 0.1) is 51.5 Å². The van der Waals surface area contributed by atoms with Crippen LogP contribution in [0.2, 0.25) is 0 Å². The largest absolute Gasteiger partial charge is 0.633 e. The van der Waals surface area contributed by atoms with E-state index in [4.69, 9.17) is 9.47 Å². The number of benzene rings is 2. The predicted molar refractivity (Wildman–Crippen MR) is 163 cm³/mol. The summed E-state index contributed by atoms with van der Waals surface area (Å²) in [6.45, 7) is -0.532. The van der Waals surface area contributed by atoms with Gasteiger partial charge in [0.25, 0.3) is 0 Å². The first-order valence-electron chi connectivity index (χ1n) is 15.9. The second-order valence-electron chi connectivity index (χ2n) is 13.2. The number of carbonyl (C=O) groups is 2. The molecule has 4 aliphatic heterocycles. The third-order valence-corrected chi connectivity index (χ3v) is 10.6. The van der Waals surface area contributed by atoms with Gasteiger partial charge in [-0.3, -0.25) is 9.59 Å². The Labute approximate surface area is 259 Å². The normalized spacial score (nSPS) is 35.1. The molecule has 10 heteroatoms. The fourth-order valence-electron chi connectivity index (χ4n) is 7.79. The number of ether oxygens (including phenoxy) is 2. The van der Waals surface area contributed by atoms with Gasteiger partial charge in [-0.25, -0.2) is 0 Å². The van der Waals surface area contributed by atoms with Crippen molar-refractivity contribution in [3.05, 3.63) is 82.2 Å². The van der Waals surface area contributed by atoms with Crippen LogP contribution in [0.4, 0.5) is 0 Å². The molecule has 6 atom stereocenters. The molecule has 44 heavy (non-hydrogen) atoms. The van der Waals surface area contributed by atoms with E-state index in [2.05, 4.69) is 0 Å². The molecule has 2 aromatic carbocycles. The minimum atomic E-state index is -0.645. The van der Waals surface area contributed by atoms with Gasteiger partial charge in [0.2, 0.25) is 0 Å². The van der Waals surface area contributed by atoms with Crippen LogP contribution in [-0.2, 0) is 19.1 Å². The number of hydroxylamine groups is 6. The number of hydrogen-bond donors (Lipinski definition) is 2. The quantitative estimate of drug-likeness (QED) is 0.261. The Morgan fingerprint density at radius 3 is 1.23 bits per heavy atom. The molecule has 4 aliphatic rings. The van der Waals surface area contributed by atoms with E-state index in [0.29, 0.717) is 25.7 Å². The van der Waals surface area contributed by atoms with Crippen molar-refractivity contribution in [1.29, 1.82) is 0 Å².